The molecule has 1 atom stereocenters. The predicted octanol–water partition coefficient (Wildman–Crippen LogP) is 1.59. The minimum absolute atomic E-state index is 0.0481. The maximum atomic E-state index is 11.8. The van der Waals surface area contributed by atoms with Gasteiger partial charge < -0.3 is 14.9 Å². The van der Waals surface area contributed by atoms with Gasteiger partial charge in [-0.15, -0.1) is 0 Å². The molecule has 0 saturated heterocycles. The minimum Gasteiger partial charge on any atom is -0.481 e. The Kier molecular flexibility index (Phi) is 5.54. The van der Waals surface area contributed by atoms with Gasteiger partial charge >= 0.3 is 5.97 Å². The van der Waals surface area contributed by atoms with Crippen LogP contribution in [0.3, 0.4) is 0 Å². The Balaban J connectivity index is 2.45. The van der Waals surface area contributed by atoms with Gasteiger partial charge in [-0.1, -0.05) is 12.1 Å². The number of hydrogen-bond acceptors (Lipinski definition) is 4. The Labute approximate surface area is 112 Å². The van der Waals surface area contributed by atoms with Crippen molar-refractivity contribution < 1.29 is 19.2 Å². The van der Waals surface area contributed by atoms with Crippen LogP contribution in [0.25, 0.3) is 0 Å². The first-order chi connectivity index (χ1) is 8.93. The van der Waals surface area contributed by atoms with Crippen molar-refractivity contribution in [3.63, 3.8) is 0 Å². The summed E-state index contributed by atoms with van der Waals surface area (Å²) in [4.78, 5) is 22.4. The molecule has 0 aliphatic rings. The third kappa shape index (κ3) is 4.73. The van der Waals surface area contributed by atoms with E-state index in [1.54, 1.807) is 0 Å². The average molecular weight is 268 g/mol. The lowest BCUT2D eigenvalue weighted by atomic mass is 10.1. The van der Waals surface area contributed by atoms with E-state index in [9.17, 15) is 9.59 Å². The van der Waals surface area contributed by atoms with Crippen LogP contribution in [0.5, 0.6) is 0 Å². The summed E-state index contributed by atoms with van der Waals surface area (Å²) in [5, 5.41) is 15.3. The maximum absolute atomic E-state index is 11.8. The van der Waals surface area contributed by atoms with Gasteiger partial charge in [-0.2, -0.15) is 0 Å². The first kappa shape index (κ1) is 15.2. The summed E-state index contributed by atoms with van der Waals surface area (Å²) in [7, 11) is 0. The van der Waals surface area contributed by atoms with Crippen LogP contribution in [0.4, 0.5) is 0 Å². The largest absolute Gasteiger partial charge is 0.481 e. The highest BCUT2D eigenvalue weighted by Crippen LogP contribution is 2.14. The minimum atomic E-state index is -0.905. The highest BCUT2D eigenvalue weighted by Gasteiger charge is 2.15. The third-order valence-corrected chi connectivity index (χ3v) is 3.06. The molecule has 2 N–H and O–H groups in total. The van der Waals surface area contributed by atoms with Crippen molar-refractivity contribution in [1.82, 2.24) is 10.5 Å². The lowest BCUT2D eigenvalue weighted by Gasteiger charge is -2.14. The summed E-state index contributed by atoms with van der Waals surface area (Å²) >= 11 is 0. The Bertz CT molecular complexity index is 434. The lowest BCUT2D eigenvalue weighted by molar-refractivity contribution is -0.137. The van der Waals surface area contributed by atoms with Crippen LogP contribution in [0, 0.1) is 13.8 Å². The number of carboxylic acid groups (broad SMARTS) is 1. The van der Waals surface area contributed by atoms with E-state index < -0.39 is 5.97 Å². The molecule has 1 heterocycles. The van der Waals surface area contributed by atoms with Crippen molar-refractivity contribution in [1.29, 1.82) is 0 Å². The summed E-state index contributed by atoms with van der Waals surface area (Å²) in [6, 6.07) is -0.310. The SMILES string of the molecule is CCC(CC(=O)O)NC(=O)CCc1c(C)noc1C. The summed E-state index contributed by atoms with van der Waals surface area (Å²) in [6.45, 7) is 5.50. The second-order valence-corrected chi connectivity index (χ2v) is 4.57. The molecular weight excluding hydrogens is 248 g/mol. The molecule has 0 aliphatic heterocycles. The Morgan fingerprint density at radius 1 is 1.42 bits per heavy atom. The van der Waals surface area contributed by atoms with Gasteiger partial charge in [0.15, 0.2) is 0 Å². The molecule has 0 fully saturated rings. The van der Waals surface area contributed by atoms with Crippen LogP contribution in [0.1, 0.15) is 43.2 Å². The first-order valence-electron chi connectivity index (χ1n) is 6.37. The van der Waals surface area contributed by atoms with Crippen LogP contribution >= 0.6 is 0 Å². The number of aryl methyl sites for hydroxylation is 2. The van der Waals surface area contributed by atoms with Crippen LogP contribution < -0.4 is 5.32 Å². The number of carbonyl (C=O) groups is 2. The molecule has 1 amide bonds. The van der Waals surface area contributed by atoms with E-state index in [0.29, 0.717) is 19.3 Å². The third-order valence-electron chi connectivity index (χ3n) is 3.06. The van der Waals surface area contributed by atoms with Gasteiger partial charge in [0.05, 0.1) is 12.1 Å². The molecule has 1 aromatic heterocycles. The monoisotopic (exact) mass is 268 g/mol. The molecule has 6 nitrogen and oxygen atoms in total. The zero-order chi connectivity index (χ0) is 14.4. The van der Waals surface area contributed by atoms with Gasteiger partial charge in [-0.05, 0) is 26.7 Å². The van der Waals surface area contributed by atoms with Crippen molar-refractivity contribution in [2.45, 2.75) is 52.5 Å². The summed E-state index contributed by atoms with van der Waals surface area (Å²) in [5.74, 6) is -0.325. The number of aromatic nitrogens is 1. The molecule has 1 unspecified atom stereocenters. The zero-order valence-electron chi connectivity index (χ0n) is 11.5. The van der Waals surface area contributed by atoms with Crippen molar-refractivity contribution in [3.8, 4) is 0 Å². The average Bonchev–Trinajstić information content (AvgIpc) is 2.65. The molecule has 1 rings (SSSR count). The summed E-state index contributed by atoms with van der Waals surface area (Å²) in [5.41, 5.74) is 1.74. The van der Waals surface area contributed by atoms with Crippen molar-refractivity contribution in [2.75, 3.05) is 0 Å². The van der Waals surface area contributed by atoms with E-state index >= 15 is 0 Å². The van der Waals surface area contributed by atoms with Gasteiger partial charge in [-0.3, -0.25) is 9.59 Å². The van der Waals surface area contributed by atoms with Gasteiger partial charge in [0, 0.05) is 18.0 Å². The van der Waals surface area contributed by atoms with Gasteiger partial charge in [0.2, 0.25) is 5.91 Å². The molecule has 0 bridgehead atoms. The van der Waals surface area contributed by atoms with E-state index in [0.717, 1.165) is 17.0 Å². The van der Waals surface area contributed by atoms with Crippen LogP contribution in [-0.4, -0.2) is 28.2 Å². The Morgan fingerprint density at radius 2 is 2.11 bits per heavy atom. The number of carbonyl (C=O) groups excluding carboxylic acids is 1. The number of carboxylic acids is 1. The fourth-order valence-corrected chi connectivity index (χ4v) is 1.91. The predicted molar refractivity (Wildman–Crippen MR) is 68.8 cm³/mol. The second kappa shape index (κ2) is 6.92. The van der Waals surface area contributed by atoms with Crippen LogP contribution in [0.15, 0.2) is 4.52 Å². The molecule has 0 aromatic carbocycles. The van der Waals surface area contributed by atoms with Crippen LogP contribution in [0.2, 0.25) is 0 Å². The van der Waals surface area contributed by atoms with Gasteiger partial charge in [-0.25, -0.2) is 0 Å². The molecule has 0 radical (unpaired) electrons. The van der Waals surface area contributed by atoms with Crippen molar-refractivity contribution >= 4 is 11.9 Å². The number of amides is 1. The summed E-state index contributed by atoms with van der Waals surface area (Å²) < 4.78 is 5.02. The van der Waals surface area contributed by atoms with Crippen molar-refractivity contribution in [2.24, 2.45) is 0 Å². The van der Waals surface area contributed by atoms with Gasteiger partial charge in [0.25, 0.3) is 0 Å². The highest BCUT2D eigenvalue weighted by molar-refractivity contribution is 5.77. The fourth-order valence-electron chi connectivity index (χ4n) is 1.91. The van der Waals surface area contributed by atoms with Crippen LogP contribution in [-0.2, 0) is 16.0 Å². The summed E-state index contributed by atoms with van der Waals surface area (Å²) in [6.07, 6.45) is 1.41. The quantitative estimate of drug-likeness (QED) is 0.783. The van der Waals surface area contributed by atoms with E-state index in [1.807, 2.05) is 20.8 Å². The normalized spacial score (nSPS) is 12.2. The van der Waals surface area contributed by atoms with Gasteiger partial charge in [0.1, 0.15) is 5.76 Å². The molecule has 0 aliphatic carbocycles. The number of nitrogens with one attached hydrogen (secondary N) is 1. The number of nitrogens with zero attached hydrogens (tertiary/aromatic N) is 1. The topological polar surface area (TPSA) is 92.4 Å². The molecule has 1 aromatic rings. The number of rotatable bonds is 7. The van der Waals surface area contributed by atoms with E-state index in [1.165, 1.54) is 0 Å². The zero-order valence-corrected chi connectivity index (χ0v) is 11.5. The smallest absolute Gasteiger partial charge is 0.305 e. The Hall–Kier alpha value is -1.85. The van der Waals surface area contributed by atoms with E-state index in [4.69, 9.17) is 9.63 Å². The Morgan fingerprint density at radius 3 is 2.58 bits per heavy atom. The van der Waals surface area contributed by atoms with Crippen molar-refractivity contribution in [3.05, 3.63) is 17.0 Å². The second-order valence-electron chi connectivity index (χ2n) is 4.57. The lowest BCUT2D eigenvalue weighted by Crippen LogP contribution is -2.36. The molecule has 19 heavy (non-hydrogen) atoms. The maximum Gasteiger partial charge on any atom is 0.305 e. The highest BCUT2D eigenvalue weighted by atomic mass is 16.5. The molecule has 106 valence electrons. The standard InChI is InChI=1S/C13H20N2O4/c1-4-10(7-13(17)18)14-12(16)6-5-11-8(2)15-19-9(11)3/h10H,4-7H2,1-3H3,(H,14,16)(H,17,18). The molecule has 0 saturated carbocycles. The molecule has 0 spiro atoms. The first-order valence-corrected chi connectivity index (χ1v) is 6.37. The van der Waals surface area contributed by atoms with E-state index in [2.05, 4.69) is 10.5 Å². The fraction of sp³-hybridized carbons (Fsp3) is 0.615. The molecular formula is C13H20N2O4. The van der Waals surface area contributed by atoms with E-state index in [-0.39, 0.29) is 18.4 Å². The number of hydrogen-bond donors (Lipinski definition) is 2. The number of aliphatic carboxylic acids is 1. The molecule has 6 heteroatoms.